The van der Waals surface area contributed by atoms with Crippen molar-refractivity contribution in [3.63, 3.8) is 0 Å². The number of hydrogen-bond acceptors (Lipinski definition) is 5. The Bertz CT molecular complexity index is 4010. The molecule has 0 radical (unpaired) electrons. The molecule has 1 spiro atoms. The van der Waals surface area contributed by atoms with Gasteiger partial charge >= 0.3 is 0 Å². The summed E-state index contributed by atoms with van der Waals surface area (Å²) in [4.78, 5) is 7.29. The van der Waals surface area contributed by atoms with E-state index in [0.29, 0.717) is 0 Å². The molecular weight excluding hydrogens is 903 g/mol. The Morgan fingerprint density at radius 1 is 0.419 bits per heavy atom. The first-order chi connectivity index (χ1) is 36.0. The number of fused-ring (bicyclic) bond motifs is 15. The van der Waals surface area contributed by atoms with E-state index in [4.69, 9.17) is 9.15 Å². The van der Waals surface area contributed by atoms with Gasteiger partial charge in [-0.1, -0.05) is 169 Å². The smallest absolute Gasteiger partial charge is 0.151 e. The summed E-state index contributed by atoms with van der Waals surface area (Å²) in [7, 11) is 0. The number of ether oxygens (including phenoxy) is 1. The highest BCUT2D eigenvalue weighted by Crippen LogP contribution is 2.69. The molecule has 0 saturated heterocycles. The summed E-state index contributed by atoms with van der Waals surface area (Å²) >= 11 is 0. The summed E-state index contributed by atoms with van der Waals surface area (Å²) in [5.41, 5.74) is 19.8. The normalized spacial score (nSPS) is 15.0. The summed E-state index contributed by atoms with van der Waals surface area (Å²) < 4.78 is 14.4. The Hall–Kier alpha value is -8.80. The van der Waals surface area contributed by atoms with Gasteiger partial charge < -0.3 is 23.9 Å². The Morgan fingerprint density at radius 2 is 0.959 bits per heavy atom. The van der Waals surface area contributed by atoms with Crippen molar-refractivity contribution in [1.29, 1.82) is 0 Å². The van der Waals surface area contributed by atoms with Crippen molar-refractivity contribution in [2.24, 2.45) is 0 Å². The number of hydrogen-bond donors (Lipinski definition) is 0. The molecule has 3 heterocycles. The van der Waals surface area contributed by atoms with Crippen LogP contribution in [0.15, 0.2) is 229 Å². The molecule has 358 valence electrons. The van der Waals surface area contributed by atoms with Crippen LogP contribution < -0.4 is 19.4 Å². The van der Waals surface area contributed by atoms with Gasteiger partial charge in [-0.05, 0) is 147 Å². The van der Waals surface area contributed by atoms with Crippen LogP contribution in [0.25, 0.3) is 33.1 Å². The molecule has 3 aliphatic rings. The molecule has 1 aliphatic carbocycles. The zero-order chi connectivity index (χ0) is 50.1. The van der Waals surface area contributed by atoms with Crippen LogP contribution in [-0.2, 0) is 16.2 Å². The number of benzene rings is 10. The topological polar surface area (TPSA) is 32.1 Å². The van der Waals surface area contributed by atoms with Crippen LogP contribution in [-0.4, -0.2) is 0 Å². The molecule has 0 amide bonds. The number of rotatable bonds is 6. The lowest BCUT2D eigenvalue weighted by Gasteiger charge is -2.47. The molecule has 2 aliphatic heterocycles. The second-order valence-electron chi connectivity index (χ2n) is 22.1. The fourth-order valence-corrected chi connectivity index (χ4v) is 12.3. The van der Waals surface area contributed by atoms with Gasteiger partial charge in [0.05, 0.1) is 33.6 Å². The second-order valence-corrected chi connectivity index (χ2v) is 22.1. The van der Waals surface area contributed by atoms with Gasteiger partial charge in [-0.2, -0.15) is 0 Å². The van der Waals surface area contributed by atoms with Gasteiger partial charge in [0, 0.05) is 39.4 Å². The van der Waals surface area contributed by atoms with E-state index < -0.39 is 5.41 Å². The molecule has 11 aromatic rings. The van der Waals surface area contributed by atoms with Gasteiger partial charge in [0.15, 0.2) is 11.5 Å². The molecule has 0 N–H and O–H groups in total. The lowest BCUT2D eigenvalue weighted by Crippen LogP contribution is -2.37. The van der Waals surface area contributed by atoms with Gasteiger partial charge in [-0.3, -0.25) is 0 Å². The van der Waals surface area contributed by atoms with Crippen LogP contribution in [0.5, 0.6) is 11.5 Å². The van der Waals surface area contributed by atoms with E-state index in [9.17, 15) is 0 Å². The van der Waals surface area contributed by atoms with Crippen LogP contribution in [0, 0.1) is 0 Å². The predicted octanol–water partition coefficient (Wildman–Crippen LogP) is 19.4. The molecule has 0 bridgehead atoms. The van der Waals surface area contributed by atoms with Crippen molar-refractivity contribution in [3.8, 4) is 22.6 Å². The van der Waals surface area contributed by atoms with E-state index in [1.165, 1.54) is 22.3 Å². The molecule has 14 rings (SSSR count). The first-order valence-corrected chi connectivity index (χ1v) is 25.8. The second kappa shape index (κ2) is 16.1. The average Bonchev–Trinajstić information content (AvgIpc) is 3.94. The Morgan fingerprint density at radius 3 is 1.65 bits per heavy atom. The minimum absolute atomic E-state index is 0.00987. The van der Waals surface area contributed by atoms with E-state index in [1.54, 1.807) is 0 Å². The molecule has 1 unspecified atom stereocenters. The number of para-hydroxylation sites is 7. The van der Waals surface area contributed by atoms with Crippen LogP contribution in [0.1, 0.15) is 74.9 Å². The zero-order valence-corrected chi connectivity index (χ0v) is 42.5. The van der Waals surface area contributed by atoms with Crippen LogP contribution in [0.3, 0.4) is 0 Å². The van der Waals surface area contributed by atoms with E-state index in [0.717, 1.165) is 107 Å². The predicted molar refractivity (Wildman–Crippen MR) is 306 cm³/mol. The molecule has 0 fully saturated rings. The largest absolute Gasteiger partial charge is 0.455 e. The molecule has 0 saturated carbocycles. The third-order valence-electron chi connectivity index (χ3n) is 15.7. The van der Waals surface area contributed by atoms with Crippen LogP contribution in [0.2, 0.25) is 0 Å². The summed E-state index contributed by atoms with van der Waals surface area (Å²) in [6.07, 6.45) is 0. The third-order valence-corrected chi connectivity index (χ3v) is 15.7. The van der Waals surface area contributed by atoms with Crippen molar-refractivity contribution < 1.29 is 9.15 Å². The average molecular weight is 958 g/mol. The SMILES string of the molecule is CC(C)(C)c1ccc(N(c2ccccc2)c2ccc3c(c2)C2(c4ccccc4N4c5ccccc5Oc5cccc2c54)c2cc(N(c4ccccc4)c4ccc(C(C)(C)C)cc4)c4c(oc5ccccc54)c2-3)cc1. The van der Waals surface area contributed by atoms with E-state index >= 15 is 0 Å². The number of furan rings is 1. The maximum absolute atomic E-state index is 7.39. The summed E-state index contributed by atoms with van der Waals surface area (Å²) in [5.74, 6) is 1.65. The summed E-state index contributed by atoms with van der Waals surface area (Å²) in [5, 5.41) is 2.14. The molecule has 1 atom stereocenters. The third kappa shape index (κ3) is 6.42. The lowest BCUT2D eigenvalue weighted by molar-refractivity contribution is 0.473. The van der Waals surface area contributed by atoms with Crippen molar-refractivity contribution >= 4 is 73.1 Å². The van der Waals surface area contributed by atoms with Crippen molar-refractivity contribution in [2.45, 2.75) is 57.8 Å². The van der Waals surface area contributed by atoms with Gasteiger partial charge in [-0.25, -0.2) is 0 Å². The first kappa shape index (κ1) is 43.9. The van der Waals surface area contributed by atoms with Crippen molar-refractivity contribution in [1.82, 2.24) is 0 Å². The molecular formula is C69H55N3O2. The quantitative estimate of drug-likeness (QED) is 0.166. The first-order valence-electron chi connectivity index (χ1n) is 25.8. The van der Waals surface area contributed by atoms with Gasteiger partial charge in [0.1, 0.15) is 11.2 Å². The molecule has 10 aromatic carbocycles. The zero-order valence-electron chi connectivity index (χ0n) is 42.5. The van der Waals surface area contributed by atoms with Crippen LogP contribution in [0.4, 0.5) is 51.2 Å². The highest BCUT2D eigenvalue weighted by atomic mass is 16.5. The monoisotopic (exact) mass is 957 g/mol. The maximum Gasteiger partial charge on any atom is 0.151 e. The van der Waals surface area contributed by atoms with E-state index in [1.807, 2.05) is 0 Å². The highest BCUT2D eigenvalue weighted by molar-refractivity contribution is 6.20. The Balaban J connectivity index is 1.13. The van der Waals surface area contributed by atoms with E-state index in [2.05, 4.69) is 281 Å². The Kier molecular flexibility index (Phi) is 9.56. The van der Waals surface area contributed by atoms with Gasteiger partial charge in [0.25, 0.3) is 0 Å². The minimum Gasteiger partial charge on any atom is -0.455 e. The number of anilines is 9. The van der Waals surface area contributed by atoms with Gasteiger partial charge in [0.2, 0.25) is 0 Å². The standard InChI is InChI=1S/C69H55N3O2/c1-67(2,3)44-32-36-48(37-33-44)70(46-20-9-7-10-21-46)50-40-41-51-55(42-50)69(53-25-14-15-27-57(53)72-58-28-16-18-30-61(58)73-62-31-19-26-54(69)65(62)72)56-43-59(64-52-24-13-17-29-60(52)74-66(64)63(51)56)71(47-22-11-8-12-23-47)49-38-34-45(35-39-49)68(4,5)6/h7-43H,1-6H3. The summed E-state index contributed by atoms with van der Waals surface area (Å²) in [6.45, 7) is 13.6. The fraction of sp³-hybridized carbons (Fsp3) is 0.130. The highest BCUT2D eigenvalue weighted by Gasteiger charge is 2.55. The maximum atomic E-state index is 7.39. The lowest BCUT2D eigenvalue weighted by atomic mass is 9.64. The summed E-state index contributed by atoms with van der Waals surface area (Å²) in [6, 6.07) is 82.2. The molecule has 5 nitrogen and oxygen atoms in total. The number of nitrogens with zero attached hydrogens (tertiary/aromatic N) is 3. The molecule has 1 aromatic heterocycles. The van der Waals surface area contributed by atoms with Gasteiger partial charge in [-0.15, -0.1) is 0 Å². The Labute approximate surface area is 433 Å². The molecule has 74 heavy (non-hydrogen) atoms. The van der Waals surface area contributed by atoms with E-state index in [-0.39, 0.29) is 10.8 Å². The minimum atomic E-state index is -0.867. The van der Waals surface area contributed by atoms with Crippen LogP contribution >= 0.6 is 0 Å². The fourth-order valence-electron chi connectivity index (χ4n) is 12.3. The van der Waals surface area contributed by atoms with Crippen molar-refractivity contribution in [2.75, 3.05) is 14.7 Å². The van der Waals surface area contributed by atoms with Crippen molar-refractivity contribution in [3.05, 3.63) is 258 Å². The molecule has 5 heteroatoms.